The summed E-state index contributed by atoms with van der Waals surface area (Å²) in [6.07, 6.45) is 7.02. The van der Waals surface area contributed by atoms with E-state index >= 15 is 0 Å². The lowest BCUT2D eigenvalue weighted by Crippen LogP contribution is -2.18. The Hall–Kier alpha value is -2.36. The molecule has 1 atom stereocenters. The van der Waals surface area contributed by atoms with Crippen molar-refractivity contribution in [3.63, 3.8) is 0 Å². The minimum atomic E-state index is 0.285. The average Bonchev–Trinajstić information content (AvgIpc) is 2.82. The fraction of sp³-hybridized carbons (Fsp3) is 0.250. The molecule has 2 aromatic heterocycles. The van der Waals surface area contributed by atoms with Crippen LogP contribution in [0.1, 0.15) is 30.0 Å². The van der Waals surface area contributed by atoms with E-state index in [2.05, 4.69) is 38.8 Å². The number of fused-ring (bicyclic) bond motifs is 2. The lowest BCUT2D eigenvalue weighted by molar-refractivity contribution is 0.504. The van der Waals surface area contributed by atoms with Crippen molar-refractivity contribution in [1.82, 2.24) is 14.5 Å². The van der Waals surface area contributed by atoms with Gasteiger partial charge in [0.05, 0.1) is 17.8 Å². The molecule has 3 aromatic rings. The predicted octanol–water partition coefficient (Wildman–Crippen LogP) is 2.94. The minimum Gasteiger partial charge on any atom is -0.369 e. The third-order valence-corrected chi connectivity index (χ3v) is 4.17. The Morgan fingerprint density at radius 1 is 1.20 bits per heavy atom. The van der Waals surface area contributed by atoms with Gasteiger partial charge in [0.1, 0.15) is 5.52 Å². The summed E-state index contributed by atoms with van der Waals surface area (Å²) in [5, 5.41) is 0. The fourth-order valence-corrected chi connectivity index (χ4v) is 3.29. The van der Waals surface area contributed by atoms with E-state index in [1.165, 1.54) is 17.5 Å². The van der Waals surface area contributed by atoms with Gasteiger partial charge in [0.25, 0.3) is 0 Å². The molecule has 2 N–H and O–H groups in total. The second-order valence-electron chi connectivity index (χ2n) is 5.31. The highest BCUT2D eigenvalue weighted by Crippen LogP contribution is 2.36. The van der Waals surface area contributed by atoms with Crippen molar-refractivity contribution in [2.24, 2.45) is 0 Å². The standard InChI is InChI=1S/C16H16N4/c17-16-19-13-10-18-9-8-15(13)20(16)14-7-3-5-11-4-1-2-6-12(11)14/h1-2,4,6,8-10,14H,3,5,7H2,(H2,17,19). The molecule has 0 bridgehead atoms. The molecule has 1 unspecified atom stereocenters. The molecular formula is C16H16N4. The Labute approximate surface area is 117 Å². The van der Waals surface area contributed by atoms with Crippen molar-refractivity contribution in [2.45, 2.75) is 25.3 Å². The van der Waals surface area contributed by atoms with E-state index in [4.69, 9.17) is 5.73 Å². The second-order valence-corrected chi connectivity index (χ2v) is 5.31. The maximum absolute atomic E-state index is 6.17. The van der Waals surface area contributed by atoms with E-state index in [-0.39, 0.29) is 6.04 Å². The number of aromatic nitrogens is 3. The number of nitrogens with two attached hydrogens (primary N) is 1. The number of nitrogens with zero attached hydrogens (tertiary/aromatic N) is 3. The van der Waals surface area contributed by atoms with Crippen LogP contribution in [0, 0.1) is 0 Å². The van der Waals surface area contributed by atoms with E-state index in [0.29, 0.717) is 5.95 Å². The Bertz CT molecular complexity index is 775. The van der Waals surface area contributed by atoms with E-state index in [9.17, 15) is 0 Å². The zero-order chi connectivity index (χ0) is 13.5. The van der Waals surface area contributed by atoms with Gasteiger partial charge in [-0.3, -0.25) is 4.98 Å². The fourth-order valence-electron chi connectivity index (χ4n) is 3.29. The Morgan fingerprint density at radius 2 is 2.10 bits per heavy atom. The van der Waals surface area contributed by atoms with Crippen molar-refractivity contribution < 1.29 is 0 Å². The van der Waals surface area contributed by atoms with Gasteiger partial charge in [0, 0.05) is 6.20 Å². The molecule has 1 aliphatic carbocycles. The van der Waals surface area contributed by atoms with Gasteiger partial charge in [0.15, 0.2) is 0 Å². The van der Waals surface area contributed by atoms with Gasteiger partial charge in [0.2, 0.25) is 5.95 Å². The van der Waals surface area contributed by atoms with Crippen LogP contribution in [0.3, 0.4) is 0 Å². The highest BCUT2D eigenvalue weighted by Gasteiger charge is 2.24. The summed E-state index contributed by atoms with van der Waals surface area (Å²) in [4.78, 5) is 8.56. The van der Waals surface area contributed by atoms with Crippen LogP contribution >= 0.6 is 0 Å². The molecule has 20 heavy (non-hydrogen) atoms. The minimum absolute atomic E-state index is 0.285. The van der Waals surface area contributed by atoms with Crippen LogP contribution in [-0.2, 0) is 6.42 Å². The summed E-state index contributed by atoms with van der Waals surface area (Å²) in [7, 11) is 0. The molecule has 0 aliphatic heterocycles. The van der Waals surface area contributed by atoms with Crippen LogP contribution in [-0.4, -0.2) is 14.5 Å². The van der Waals surface area contributed by atoms with E-state index in [1.54, 1.807) is 12.4 Å². The van der Waals surface area contributed by atoms with Crippen molar-refractivity contribution in [1.29, 1.82) is 0 Å². The number of benzene rings is 1. The molecule has 2 heterocycles. The van der Waals surface area contributed by atoms with Gasteiger partial charge in [-0.15, -0.1) is 0 Å². The Balaban J connectivity index is 1.95. The number of anilines is 1. The molecule has 4 nitrogen and oxygen atoms in total. The molecule has 100 valence electrons. The first kappa shape index (κ1) is 11.5. The van der Waals surface area contributed by atoms with E-state index in [1.807, 2.05) is 6.07 Å². The first-order valence-corrected chi connectivity index (χ1v) is 7.00. The molecule has 0 spiro atoms. The number of pyridine rings is 1. The third kappa shape index (κ3) is 1.61. The third-order valence-electron chi connectivity index (χ3n) is 4.17. The van der Waals surface area contributed by atoms with Crippen LogP contribution in [0.5, 0.6) is 0 Å². The van der Waals surface area contributed by atoms with Gasteiger partial charge >= 0.3 is 0 Å². The Morgan fingerprint density at radius 3 is 3.05 bits per heavy atom. The van der Waals surface area contributed by atoms with Crippen molar-refractivity contribution in [2.75, 3.05) is 5.73 Å². The number of nitrogen functional groups attached to an aromatic ring is 1. The van der Waals surface area contributed by atoms with Crippen molar-refractivity contribution in [3.05, 3.63) is 53.9 Å². The lowest BCUT2D eigenvalue weighted by atomic mass is 9.87. The summed E-state index contributed by atoms with van der Waals surface area (Å²) in [5.41, 5.74) is 10.9. The van der Waals surface area contributed by atoms with Crippen LogP contribution in [0.25, 0.3) is 11.0 Å². The average molecular weight is 264 g/mol. The van der Waals surface area contributed by atoms with Crippen molar-refractivity contribution in [3.8, 4) is 0 Å². The first-order valence-electron chi connectivity index (χ1n) is 7.00. The van der Waals surface area contributed by atoms with Gasteiger partial charge in [-0.2, -0.15) is 0 Å². The van der Waals surface area contributed by atoms with Gasteiger partial charge in [-0.1, -0.05) is 24.3 Å². The van der Waals surface area contributed by atoms with E-state index < -0.39 is 0 Å². The smallest absolute Gasteiger partial charge is 0.201 e. The summed E-state index contributed by atoms with van der Waals surface area (Å²) in [5.74, 6) is 0.578. The molecule has 1 aromatic carbocycles. The molecule has 4 rings (SSSR count). The molecule has 0 saturated heterocycles. The van der Waals surface area contributed by atoms with Gasteiger partial charge < -0.3 is 10.3 Å². The molecule has 0 radical (unpaired) electrons. The van der Waals surface area contributed by atoms with Gasteiger partial charge in [-0.25, -0.2) is 4.98 Å². The summed E-state index contributed by atoms with van der Waals surface area (Å²) in [6, 6.07) is 10.9. The molecular weight excluding hydrogens is 248 g/mol. The maximum atomic E-state index is 6.17. The quantitative estimate of drug-likeness (QED) is 0.735. The molecule has 0 fully saturated rings. The van der Waals surface area contributed by atoms with Crippen molar-refractivity contribution >= 4 is 17.0 Å². The van der Waals surface area contributed by atoms with Crippen LogP contribution in [0.4, 0.5) is 5.95 Å². The van der Waals surface area contributed by atoms with Gasteiger partial charge in [-0.05, 0) is 36.5 Å². The highest BCUT2D eigenvalue weighted by atomic mass is 15.2. The zero-order valence-electron chi connectivity index (χ0n) is 11.2. The molecule has 0 saturated carbocycles. The molecule has 4 heteroatoms. The Kier molecular flexibility index (Phi) is 2.49. The lowest BCUT2D eigenvalue weighted by Gasteiger charge is -2.27. The number of hydrogen-bond donors (Lipinski definition) is 1. The van der Waals surface area contributed by atoms with E-state index in [0.717, 1.165) is 23.9 Å². The zero-order valence-corrected chi connectivity index (χ0v) is 11.2. The van der Waals surface area contributed by atoms with Crippen LogP contribution < -0.4 is 5.73 Å². The topological polar surface area (TPSA) is 56.7 Å². The summed E-state index contributed by atoms with van der Waals surface area (Å²) in [6.45, 7) is 0. The number of hydrogen-bond acceptors (Lipinski definition) is 3. The number of rotatable bonds is 1. The first-order chi connectivity index (χ1) is 9.84. The second kappa shape index (κ2) is 4.34. The van der Waals surface area contributed by atoms with Crippen LogP contribution in [0.15, 0.2) is 42.7 Å². The molecule has 1 aliphatic rings. The predicted molar refractivity (Wildman–Crippen MR) is 79.5 cm³/mol. The number of imidazole rings is 1. The monoisotopic (exact) mass is 264 g/mol. The maximum Gasteiger partial charge on any atom is 0.201 e. The molecule has 0 amide bonds. The van der Waals surface area contributed by atoms with Crippen LogP contribution in [0.2, 0.25) is 0 Å². The largest absolute Gasteiger partial charge is 0.369 e. The SMILES string of the molecule is Nc1nc2cnccc2n1C1CCCc2ccccc21. The normalized spacial score (nSPS) is 18.1. The highest BCUT2D eigenvalue weighted by molar-refractivity contribution is 5.77. The number of aryl methyl sites for hydroxylation is 1. The summed E-state index contributed by atoms with van der Waals surface area (Å²) >= 11 is 0. The summed E-state index contributed by atoms with van der Waals surface area (Å²) < 4.78 is 2.16.